The zero-order chi connectivity index (χ0) is 9.10. The van der Waals surface area contributed by atoms with Gasteiger partial charge in [0, 0.05) is 0 Å². The molecule has 0 aromatic heterocycles. The average Bonchev–Trinajstić information content (AvgIpc) is 2.95. The molecule has 2 atom stereocenters. The van der Waals surface area contributed by atoms with Crippen molar-refractivity contribution in [3.05, 3.63) is 48.0 Å². The van der Waals surface area contributed by atoms with E-state index in [2.05, 4.69) is 0 Å². The molecule has 0 spiro atoms. The third-order valence-electron chi connectivity index (χ3n) is 2.03. The van der Waals surface area contributed by atoms with Gasteiger partial charge in [0.15, 0.2) is 0 Å². The monoisotopic (exact) mass is 174 g/mol. The molecule has 1 aliphatic rings. The van der Waals surface area contributed by atoms with Crippen LogP contribution >= 0.6 is 0 Å². The molecule has 1 aromatic rings. The molecule has 0 radical (unpaired) electrons. The molecule has 1 heterocycles. The number of epoxide rings is 1. The number of carbonyl (C=O) groups excluding carboxylic acids is 1. The van der Waals surface area contributed by atoms with Crippen molar-refractivity contribution < 1.29 is 9.53 Å². The maximum atomic E-state index is 10.0. The maximum Gasteiger partial charge on any atom is 0.142 e. The molecule has 1 fully saturated rings. The Morgan fingerprint density at radius 2 is 2.00 bits per heavy atom. The SMILES string of the molecule is O=CC=C[C@H]1O[C@@H]1c1ccccc1. The van der Waals surface area contributed by atoms with Gasteiger partial charge in [-0.15, -0.1) is 0 Å². The van der Waals surface area contributed by atoms with Crippen LogP contribution in [0.4, 0.5) is 0 Å². The summed E-state index contributed by atoms with van der Waals surface area (Å²) in [5, 5.41) is 0. The number of rotatable bonds is 3. The summed E-state index contributed by atoms with van der Waals surface area (Å²) in [6.07, 6.45) is 4.27. The van der Waals surface area contributed by atoms with E-state index in [-0.39, 0.29) is 12.2 Å². The Kier molecular flexibility index (Phi) is 2.23. The molecule has 1 saturated heterocycles. The fourth-order valence-electron chi connectivity index (χ4n) is 1.34. The highest BCUT2D eigenvalue weighted by Crippen LogP contribution is 2.39. The molecule has 2 heteroatoms. The molecule has 0 bridgehead atoms. The minimum absolute atomic E-state index is 0.0904. The van der Waals surface area contributed by atoms with Crippen LogP contribution in [0.3, 0.4) is 0 Å². The van der Waals surface area contributed by atoms with Gasteiger partial charge >= 0.3 is 0 Å². The minimum Gasteiger partial charge on any atom is -0.360 e. The van der Waals surface area contributed by atoms with Crippen LogP contribution in [0.1, 0.15) is 11.7 Å². The number of carbonyl (C=O) groups is 1. The van der Waals surface area contributed by atoms with Crippen molar-refractivity contribution in [2.45, 2.75) is 12.2 Å². The van der Waals surface area contributed by atoms with E-state index in [4.69, 9.17) is 4.74 Å². The summed E-state index contributed by atoms with van der Waals surface area (Å²) in [5.41, 5.74) is 1.17. The Morgan fingerprint density at radius 3 is 2.69 bits per heavy atom. The van der Waals surface area contributed by atoms with E-state index in [1.807, 2.05) is 30.3 Å². The first-order chi connectivity index (χ1) is 6.42. The topological polar surface area (TPSA) is 29.6 Å². The molecule has 0 unspecified atom stereocenters. The second kappa shape index (κ2) is 3.54. The Morgan fingerprint density at radius 1 is 1.23 bits per heavy atom. The maximum absolute atomic E-state index is 10.0. The van der Waals surface area contributed by atoms with Crippen LogP contribution in [0.5, 0.6) is 0 Å². The van der Waals surface area contributed by atoms with Gasteiger partial charge in [0.1, 0.15) is 18.5 Å². The van der Waals surface area contributed by atoms with Gasteiger partial charge in [0.2, 0.25) is 0 Å². The van der Waals surface area contributed by atoms with Crippen molar-refractivity contribution >= 4 is 6.29 Å². The summed E-state index contributed by atoms with van der Waals surface area (Å²) < 4.78 is 5.36. The second-order valence-corrected chi connectivity index (χ2v) is 2.95. The van der Waals surface area contributed by atoms with Gasteiger partial charge < -0.3 is 4.74 Å². The second-order valence-electron chi connectivity index (χ2n) is 2.95. The van der Waals surface area contributed by atoms with E-state index in [0.717, 1.165) is 6.29 Å². The Labute approximate surface area is 76.8 Å². The van der Waals surface area contributed by atoms with Crippen molar-refractivity contribution in [2.75, 3.05) is 0 Å². The van der Waals surface area contributed by atoms with E-state index in [9.17, 15) is 4.79 Å². The predicted molar refractivity (Wildman–Crippen MR) is 49.3 cm³/mol. The Hall–Kier alpha value is -1.41. The number of allylic oxidation sites excluding steroid dienone is 1. The normalized spacial score (nSPS) is 26.2. The van der Waals surface area contributed by atoms with E-state index in [1.54, 1.807) is 6.08 Å². The van der Waals surface area contributed by atoms with E-state index >= 15 is 0 Å². The highest BCUT2D eigenvalue weighted by atomic mass is 16.6. The molecular formula is C11H10O2. The highest BCUT2D eigenvalue weighted by molar-refractivity contribution is 5.65. The highest BCUT2D eigenvalue weighted by Gasteiger charge is 2.37. The summed E-state index contributed by atoms with van der Waals surface area (Å²) in [4.78, 5) is 10.0. The molecule has 66 valence electrons. The lowest BCUT2D eigenvalue weighted by atomic mass is 10.1. The third kappa shape index (κ3) is 1.84. The van der Waals surface area contributed by atoms with E-state index in [1.165, 1.54) is 11.6 Å². The number of benzene rings is 1. The van der Waals surface area contributed by atoms with Crippen LogP contribution in [-0.2, 0) is 9.53 Å². The van der Waals surface area contributed by atoms with Crippen molar-refractivity contribution in [1.29, 1.82) is 0 Å². The first kappa shape index (κ1) is 8.20. The minimum atomic E-state index is 0.0904. The zero-order valence-corrected chi connectivity index (χ0v) is 7.09. The van der Waals surface area contributed by atoms with E-state index in [0.29, 0.717) is 0 Å². The zero-order valence-electron chi connectivity index (χ0n) is 7.09. The molecule has 0 aliphatic carbocycles. The molecule has 0 amide bonds. The van der Waals surface area contributed by atoms with Crippen LogP contribution < -0.4 is 0 Å². The third-order valence-corrected chi connectivity index (χ3v) is 2.03. The van der Waals surface area contributed by atoms with Crippen molar-refractivity contribution in [1.82, 2.24) is 0 Å². The number of hydrogen-bond acceptors (Lipinski definition) is 2. The summed E-state index contributed by atoms with van der Waals surface area (Å²) in [7, 11) is 0. The molecule has 2 nitrogen and oxygen atoms in total. The smallest absolute Gasteiger partial charge is 0.142 e. The lowest BCUT2D eigenvalue weighted by molar-refractivity contribution is -0.104. The number of ether oxygens (including phenoxy) is 1. The van der Waals surface area contributed by atoms with Gasteiger partial charge in [-0.2, -0.15) is 0 Å². The van der Waals surface area contributed by atoms with Crippen LogP contribution in [0.25, 0.3) is 0 Å². The molecule has 0 saturated carbocycles. The molecule has 1 aliphatic heterocycles. The lowest BCUT2D eigenvalue weighted by Crippen LogP contribution is -1.83. The quantitative estimate of drug-likeness (QED) is 0.398. The number of hydrogen-bond donors (Lipinski definition) is 0. The van der Waals surface area contributed by atoms with Gasteiger partial charge in [0.05, 0.1) is 0 Å². The molecule has 2 rings (SSSR count). The fraction of sp³-hybridized carbons (Fsp3) is 0.182. The molecule has 1 aromatic carbocycles. The largest absolute Gasteiger partial charge is 0.360 e. The van der Waals surface area contributed by atoms with Crippen LogP contribution in [0, 0.1) is 0 Å². The van der Waals surface area contributed by atoms with Crippen LogP contribution in [0.15, 0.2) is 42.5 Å². The van der Waals surface area contributed by atoms with Gasteiger partial charge in [-0.05, 0) is 17.7 Å². The first-order valence-electron chi connectivity index (χ1n) is 4.24. The van der Waals surface area contributed by atoms with Gasteiger partial charge in [-0.25, -0.2) is 0 Å². The average molecular weight is 174 g/mol. The number of aldehydes is 1. The molecule has 0 N–H and O–H groups in total. The summed E-state index contributed by atoms with van der Waals surface area (Å²) in [6, 6.07) is 10.00. The molecule has 13 heavy (non-hydrogen) atoms. The molecular weight excluding hydrogens is 164 g/mol. The fourth-order valence-corrected chi connectivity index (χ4v) is 1.34. The van der Waals surface area contributed by atoms with Crippen molar-refractivity contribution in [3.8, 4) is 0 Å². The van der Waals surface area contributed by atoms with Crippen molar-refractivity contribution in [3.63, 3.8) is 0 Å². The van der Waals surface area contributed by atoms with Crippen LogP contribution in [-0.4, -0.2) is 12.4 Å². The van der Waals surface area contributed by atoms with Crippen LogP contribution in [0.2, 0.25) is 0 Å². The van der Waals surface area contributed by atoms with Crippen molar-refractivity contribution in [2.24, 2.45) is 0 Å². The summed E-state index contributed by atoms with van der Waals surface area (Å²) in [6.45, 7) is 0. The van der Waals surface area contributed by atoms with Gasteiger partial charge in [-0.3, -0.25) is 4.79 Å². The Balaban J connectivity index is 2.00. The summed E-state index contributed by atoms with van der Waals surface area (Å²) in [5.74, 6) is 0. The van der Waals surface area contributed by atoms with Gasteiger partial charge in [0.25, 0.3) is 0 Å². The Bertz CT molecular complexity index is 316. The summed E-state index contributed by atoms with van der Waals surface area (Å²) >= 11 is 0. The lowest BCUT2D eigenvalue weighted by Gasteiger charge is -1.91. The van der Waals surface area contributed by atoms with Gasteiger partial charge in [-0.1, -0.05) is 30.3 Å². The standard InChI is InChI=1S/C11H10O2/c12-8-4-7-10-11(13-10)9-5-2-1-3-6-9/h1-8,10-11H/t10-,11-/m1/s1. The predicted octanol–water partition coefficient (Wildman–Crippen LogP) is 1.88. The first-order valence-corrected chi connectivity index (χ1v) is 4.24. The van der Waals surface area contributed by atoms with E-state index < -0.39 is 0 Å².